The van der Waals surface area contributed by atoms with Crippen molar-refractivity contribution in [3.05, 3.63) is 71.3 Å². The quantitative estimate of drug-likeness (QED) is 0.615. The van der Waals surface area contributed by atoms with Crippen molar-refractivity contribution in [2.75, 3.05) is 19.8 Å². The Bertz CT molecular complexity index is 798. The first-order valence-corrected chi connectivity index (χ1v) is 8.17. The average molecular weight is 337 g/mol. The molecular formula is C20H19NO4. The van der Waals surface area contributed by atoms with Crippen molar-refractivity contribution in [2.24, 2.45) is 0 Å². The van der Waals surface area contributed by atoms with E-state index in [1.807, 2.05) is 42.5 Å². The summed E-state index contributed by atoms with van der Waals surface area (Å²) < 4.78 is 10.1. The SMILES string of the molecule is CCOC(=O)c1cccc(/C(=C/c2ccccc2)N2CCOC2=O)c1. The standard InChI is InChI=1S/C20H19NO4/c1-2-24-19(22)17-10-6-9-16(14-17)18(21-11-12-25-20(21)23)13-15-7-4-3-5-8-15/h3-10,13-14H,2,11-12H2,1H3/b18-13-. The Labute approximate surface area is 146 Å². The normalized spacial score (nSPS) is 14.4. The molecule has 0 unspecified atom stereocenters. The van der Waals surface area contributed by atoms with Crippen molar-refractivity contribution in [3.63, 3.8) is 0 Å². The van der Waals surface area contributed by atoms with E-state index in [1.54, 1.807) is 30.0 Å². The van der Waals surface area contributed by atoms with Crippen molar-refractivity contribution in [1.29, 1.82) is 0 Å². The van der Waals surface area contributed by atoms with E-state index in [4.69, 9.17) is 9.47 Å². The zero-order chi connectivity index (χ0) is 17.6. The lowest BCUT2D eigenvalue weighted by atomic mass is 10.0. The fourth-order valence-corrected chi connectivity index (χ4v) is 2.66. The van der Waals surface area contributed by atoms with Crippen molar-refractivity contribution >= 4 is 23.8 Å². The van der Waals surface area contributed by atoms with Crippen LogP contribution in [0.25, 0.3) is 11.8 Å². The van der Waals surface area contributed by atoms with E-state index < -0.39 is 0 Å². The third kappa shape index (κ3) is 3.88. The van der Waals surface area contributed by atoms with Crippen molar-refractivity contribution < 1.29 is 19.1 Å². The summed E-state index contributed by atoms with van der Waals surface area (Å²) in [7, 11) is 0. The van der Waals surface area contributed by atoms with Crippen LogP contribution in [-0.4, -0.2) is 36.7 Å². The number of hydrogen-bond acceptors (Lipinski definition) is 4. The molecule has 0 atom stereocenters. The maximum Gasteiger partial charge on any atom is 0.414 e. The number of carbonyl (C=O) groups excluding carboxylic acids is 2. The highest BCUT2D eigenvalue weighted by Gasteiger charge is 2.26. The average Bonchev–Trinajstić information content (AvgIpc) is 3.06. The molecule has 0 spiro atoms. The Kier molecular flexibility index (Phi) is 5.14. The van der Waals surface area contributed by atoms with Crippen LogP contribution < -0.4 is 0 Å². The van der Waals surface area contributed by atoms with E-state index >= 15 is 0 Å². The highest BCUT2D eigenvalue weighted by atomic mass is 16.6. The van der Waals surface area contributed by atoms with Crippen LogP contribution in [0.15, 0.2) is 54.6 Å². The summed E-state index contributed by atoms with van der Waals surface area (Å²) in [5, 5.41) is 0. The van der Waals surface area contributed by atoms with Gasteiger partial charge in [0.05, 0.1) is 24.4 Å². The zero-order valence-electron chi connectivity index (χ0n) is 14.0. The van der Waals surface area contributed by atoms with Crippen LogP contribution in [0.5, 0.6) is 0 Å². The van der Waals surface area contributed by atoms with Crippen LogP contribution in [0.2, 0.25) is 0 Å². The number of cyclic esters (lactones) is 1. The van der Waals surface area contributed by atoms with Gasteiger partial charge in [-0.2, -0.15) is 0 Å². The second-order valence-electron chi connectivity index (χ2n) is 5.51. The zero-order valence-corrected chi connectivity index (χ0v) is 14.0. The Hall–Kier alpha value is -3.08. The van der Waals surface area contributed by atoms with Crippen molar-refractivity contribution in [3.8, 4) is 0 Å². The predicted octanol–water partition coefficient (Wildman–Crippen LogP) is 3.81. The molecule has 1 saturated heterocycles. The number of carbonyl (C=O) groups is 2. The highest BCUT2D eigenvalue weighted by molar-refractivity contribution is 5.94. The fourth-order valence-electron chi connectivity index (χ4n) is 2.66. The second kappa shape index (κ2) is 7.66. The minimum absolute atomic E-state index is 0.314. The third-order valence-electron chi connectivity index (χ3n) is 3.82. The van der Waals surface area contributed by atoms with Gasteiger partial charge in [-0.15, -0.1) is 0 Å². The van der Waals surface area contributed by atoms with Crippen LogP contribution in [0.3, 0.4) is 0 Å². The van der Waals surface area contributed by atoms with Crippen LogP contribution in [0.1, 0.15) is 28.4 Å². The molecule has 128 valence electrons. The van der Waals surface area contributed by atoms with Gasteiger partial charge in [0.25, 0.3) is 0 Å². The first kappa shape index (κ1) is 16.8. The monoisotopic (exact) mass is 337 g/mol. The molecule has 5 heteroatoms. The van der Waals surface area contributed by atoms with Crippen LogP contribution in [0, 0.1) is 0 Å². The smallest absolute Gasteiger partial charge is 0.414 e. The second-order valence-corrected chi connectivity index (χ2v) is 5.51. The molecule has 5 nitrogen and oxygen atoms in total. The summed E-state index contributed by atoms with van der Waals surface area (Å²) in [6.45, 7) is 2.90. The van der Waals surface area contributed by atoms with Gasteiger partial charge in [-0.05, 0) is 36.3 Å². The molecule has 0 aromatic heterocycles. The van der Waals surface area contributed by atoms with E-state index in [0.29, 0.717) is 31.0 Å². The lowest BCUT2D eigenvalue weighted by Crippen LogP contribution is -2.22. The summed E-state index contributed by atoms with van der Waals surface area (Å²) in [6, 6.07) is 16.8. The van der Waals surface area contributed by atoms with Gasteiger partial charge < -0.3 is 9.47 Å². The molecule has 0 saturated carbocycles. The van der Waals surface area contributed by atoms with E-state index in [2.05, 4.69) is 0 Å². The van der Waals surface area contributed by atoms with Gasteiger partial charge in [0, 0.05) is 0 Å². The molecule has 0 bridgehead atoms. The molecule has 1 fully saturated rings. The van der Waals surface area contributed by atoms with Gasteiger partial charge in [0.2, 0.25) is 0 Å². The summed E-state index contributed by atoms with van der Waals surface area (Å²) >= 11 is 0. The van der Waals surface area contributed by atoms with Gasteiger partial charge in [0.1, 0.15) is 6.61 Å². The van der Waals surface area contributed by atoms with Gasteiger partial charge >= 0.3 is 12.1 Å². The molecule has 25 heavy (non-hydrogen) atoms. The van der Waals surface area contributed by atoms with Crippen LogP contribution in [-0.2, 0) is 9.47 Å². The molecule has 2 aromatic carbocycles. The minimum atomic E-state index is -0.385. The Morgan fingerprint density at radius 2 is 1.92 bits per heavy atom. The Morgan fingerprint density at radius 3 is 2.60 bits per heavy atom. The molecule has 0 aliphatic carbocycles. The largest absolute Gasteiger partial charge is 0.462 e. The number of nitrogens with zero attached hydrogens (tertiary/aromatic N) is 1. The number of esters is 1. The van der Waals surface area contributed by atoms with E-state index in [-0.39, 0.29) is 12.1 Å². The topological polar surface area (TPSA) is 55.8 Å². The molecule has 2 aromatic rings. The Morgan fingerprint density at radius 1 is 1.16 bits per heavy atom. The van der Waals surface area contributed by atoms with Gasteiger partial charge in [-0.1, -0.05) is 42.5 Å². The van der Waals surface area contributed by atoms with E-state index in [0.717, 1.165) is 11.1 Å². The fraction of sp³-hybridized carbons (Fsp3) is 0.200. The maximum atomic E-state index is 12.1. The summed E-state index contributed by atoms with van der Waals surface area (Å²) in [6.07, 6.45) is 1.53. The van der Waals surface area contributed by atoms with E-state index in [9.17, 15) is 9.59 Å². The molecular weight excluding hydrogens is 318 g/mol. The van der Waals surface area contributed by atoms with Gasteiger partial charge in [-0.25, -0.2) is 9.59 Å². The summed E-state index contributed by atoms with van der Waals surface area (Å²) in [5.41, 5.74) is 2.86. The van der Waals surface area contributed by atoms with Gasteiger partial charge in [0.15, 0.2) is 0 Å². The number of benzene rings is 2. The van der Waals surface area contributed by atoms with Crippen LogP contribution >= 0.6 is 0 Å². The number of hydrogen-bond donors (Lipinski definition) is 0. The first-order chi connectivity index (χ1) is 12.2. The van der Waals surface area contributed by atoms with Crippen molar-refractivity contribution in [2.45, 2.75) is 6.92 Å². The Balaban J connectivity index is 2.03. The lowest BCUT2D eigenvalue weighted by molar-refractivity contribution is 0.0526. The molecule has 0 radical (unpaired) electrons. The number of rotatable bonds is 5. The first-order valence-electron chi connectivity index (χ1n) is 8.17. The number of ether oxygens (including phenoxy) is 2. The maximum absolute atomic E-state index is 12.1. The molecule has 1 aliphatic rings. The third-order valence-corrected chi connectivity index (χ3v) is 3.82. The molecule has 0 N–H and O–H groups in total. The van der Waals surface area contributed by atoms with Gasteiger partial charge in [-0.3, -0.25) is 4.90 Å². The molecule has 1 aliphatic heterocycles. The van der Waals surface area contributed by atoms with E-state index in [1.165, 1.54) is 0 Å². The molecule has 3 rings (SSSR count). The van der Waals surface area contributed by atoms with Crippen LogP contribution in [0.4, 0.5) is 4.79 Å². The number of amides is 1. The van der Waals surface area contributed by atoms with Crippen molar-refractivity contribution in [1.82, 2.24) is 4.90 Å². The minimum Gasteiger partial charge on any atom is -0.462 e. The lowest BCUT2D eigenvalue weighted by Gasteiger charge is -2.18. The summed E-state index contributed by atoms with van der Waals surface area (Å²) in [5.74, 6) is -0.382. The predicted molar refractivity (Wildman–Crippen MR) is 94.8 cm³/mol. The highest BCUT2D eigenvalue weighted by Crippen LogP contribution is 2.26. The molecule has 1 amide bonds. The molecule has 1 heterocycles. The summed E-state index contributed by atoms with van der Waals surface area (Å²) in [4.78, 5) is 25.7.